The van der Waals surface area contributed by atoms with Crippen molar-refractivity contribution in [1.29, 1.82) is 0 Å². The van der Waals surface area contributed by atoms with Gasteiger partial charge in [-0.3, -0.25) is 9.36 Å². The molecule has 114 valence electrons. The minimum atomic E-state index is -4.48. The molecule has 1 aromatic heterocycles. The highest BCUT2D eigenvalue weighted by atomic mass is 19.4. The van der Waals surface area contributed by atoms with Crippen molar-refractivity contribution in [3.63, 3.8) is 0 Å². The number of carbonyl (C=O) groups is 1. The van der Waals surface area contributed by atoms with Crippen LogP contribution in [0, 0.1) is 6.92 Å². The number of aromatic nitrogens is 3. The van der Waals surface area contributed by atoms with E-state index in [1.165, 1.54) is 11.6 Å². The van der Waals surface area contributed by atoms with Crippen LogP contribution in [0.2, 0.25) is 0 Å². The van der Waals surface area contributed by atoms with Crippen LogP contribution < -0.4 is 11.0 Å². The number of nitrogens with one attached hydrogen (secondary N) is 1. The van der Waals surface area contributed by atoms with Crippen LogP contribution in [0.15, 0.2) is 4.79 Å². The Morgan fingerprint density at radius 1 is 1.30 bits per heavy atom. The first-order valence-corrected chi connectivity index (χ1v) is 5.92. The Bertz CT molecular complexity index is 551. The van der Waals surface area contributed by atoms with Crippen molar-refractivity contribution in [2.75, 3.05) is 6.54 Å². The summed E-state index contributed by atoms with van der Waals surface area (Å²) in [6.45, 7) is 4.88. The number of nitrogens with zero attached hydrogens (tertiary/aromatic N) is 3. The van der Waals surface area contributed by atoms with Gasteiger partial charge in [0.25, 0.3) is 0 Å². The topological polar surface area (TPSA) is 68.9 Å². The summed E-state index contributed by atoms with van der Waals surface area (Å²) in [6.07, 6.45) is -4.48. The molecule has 1 amide bonds. The van der Waals surface area contributed by atoms with Crippen LogP contribution in [0.5, 0.6) is 0 Å². The van der Waals surface area contributed by atoms with Gasteiger partial charge in [-0.05, 0) is 27.7 Å². The molecule has 20 heavy (non-hydrogen) atoms. The van der Waals surface area contributed by atoms with Gasteiger partial charge in [0.05, 0.1) is 5.54 Å². The molecule has 1 N–H and O–H groups in total. The average molecular weight is 294 g/mol. The smallest absolute Gasteiger partial charge is 0.345 e. The zero-order valence-corrected chi connectivity index (χ0v) is 11.7. The van der Waals surface area contributed by atoms with Gasteiger partial charge < -0.3 is 5.32 Å². The standard InChI is InChI=1S/C11H17F3N4O2/c1-7-16-18(10(2,3)4)9(20)17(7)5-8(19)15-6-11(12,13)14/h5-6H2,1-4H3,(H,15,19). The molecule has 0 aromatic carbocycles. The molecule has 0 fully saturated rings. The third kappa shape index (κ3) is 4.10. The third-order valence-electron chi connectivity index (χ3n) is 2.47. The third-order valence-corrected chi connectivity index (χ3v) is 2.47. The zero-order valence-electron chi connectivity index (χ0n) is 11.7. The minimum absolute atomic E-state index is 0.270. The van der Waals surface area contributed by atoms with Gasteiger partial charge in [-0.15, -0.1) is 0 Å². The van der Waals surface area contributed by atoms with Crippen molar-refractivity contribution in [3.8, 4) is 0 Å². The number of halogens is 3. The lowest BCUT2D eigenvalue weighted by Gasteiger charge is -2.16. The minimum Gasteiger partial charge on any atom is -0.345 e. The number of rotatable bonds is 3. The molecule has 0 aliphatic heterocycles. The number of hydrogen-bond acceptors (Lipinski definition) is 3. The quantitative estimate of drug-likeness (QED) is 0.896. The maximum absolute atomic E-state index is 12.0. The molecular formula is C11H17F3N4O2. The van der Waals surface area contributed by atoms with Crippen molar-refractivity contribution in [2.24, 2.45) is 0 Å². The molecular weight excluding hydrogens is 277 g/mol. The molecule has 0 atom stereocenters. The molecule has 1 rings (SSSR count). The van der Waals surface area contributed by atoms with E-state index in [-0.39, 0.29) is 5.82 Å². The second-order valence-corrected chi connectivity index (χ2v) is 5.39. The second-order valence-electron chi connectivity index (χ2n) is 5.39. The maximum atomic E-state index is 12.0. The van der Waals surface area contributed by atoms with Crippen molar-refractivity contribution in [3.05, 3.63) is 16.3 Å². The van der Waals surface area contributed by atoms with E-state index >= 15 is 0 Å². The van der Waals surface area contributed by atoms with E-state index < -0.39 is 36.4 Å². The van der Waals surface area contributed by atoms with Gasteiger partial charge in [-0.25, -0.2) is 9.48 Å². The molecule has 0 bridgehead atoms. The Morgan fingerprint density at radius 3 is 2.25 bits per heavy atom. The first kappa shape index (κ1) is 16.3. The zero-order chi connectivity index (χ0) is 15.7. The first-order chi connectivity index (χ1) is 8.92. The normalized spacial score (nSPS) is 12.6. The lowest BCUT2D eigenvalue weighted by Crippen LogP contribution is -2.40. The Hall–Kier alpha value is -1.80. The van der Waals surface area contributed by atoms with Crippen molar-refractivity contribution >= 4 is 5.91 Å². The van der Waals surface area contributed by atoms with Gasteiger partial charge in [0.1, 0.15) is 18.9 Å². The van der Waals surface area contributed by atoms with Gasteiger partial charge in [-0.1, -0.05) is 0 Å². The van der Waals surface area contributed by atoms with Crippen LogP contribution in [0.25, 0.3) is 0 Å². The fraction of sp³-hybridized carbons (Fsp3) is 0.727. The van der Waals surface area contributed by atoms with E-state index in [1.54, 1.807) is 26.1 Å². The van der Waals surface area contributed by atoms with Crippen LogP contribution in [0.3, 0.4) is 0 Å². The van der Waals surface area contributed by atoms with E-state index in [9.17, 15) is 22.8 Å². The molecule has 0 aliphatic carbocycles. The molecule has 9 heteroatoms. The van der Waals surface area contributed by atoms with Crippen LogP contribution in [-0.4, -0.2) is 33.0 Å². The van der Waals surface area contributed by atoms with Gasteiger partial charge in [0, 0.05) is 0 Å². The van der Waals surface area contributed by atoms with E-state index in [2.05, 4.69) is 5.10 Å². The first-order valence-electron chi connectivity index (χ1n) is 5.92. The summed E-state index contributed by atoms with van der Waals surface area (Å²) in [6, 6.07) is 0. The highest BCUT2D eigenvalue weighted by Crippen LogP contribution is 2.12. The molecule has 0 aliphatic rings. The van der Waals surface area contributed by atoms with Crippen LogP contribution in [-0.2, 0) is 16.9 Å². The summed E-state index contributed by atoms with van der Waals surface area (Å²) >= 11 is 0. The van der Waals surface area contributed by atoms with E-state index in [1.807, 2.05) is 0 Å². The summed E-state index contributed by atoms with van der Waals surface area (Å²) < 4.78 is 38.2. The van der Waals surface area contributed by atoms with Crippen LogP contribution in [0.4, 0.5) is 13.2 Å². The Balaban J connectivity index is 2.87. The van der Waals surface area contributed by atoms with Crippen molar-refractivity contribution < 1.29 is 18.0 Å². The predicted molar refractivity (Wildman–Crippen MR) is 65.3 cm³/mol. The maximum Gasteiger partial charge on any atom is 0.405 e. The fourth-order valence-corrected chi connectivity index (χ4v) is 1.51. The van der Waals surface area contributed by atoms with Gasteiger partial charge in [0.2, 0.25) is 5.91 Å². The summed E-state index contributed by atoms with van der Waals surface area (Å²) in [5.74, 6) is -0.618. The number of carbonyl (C=O) groups excluding carboxylic acids is 1. The number of hydrogen-bond donors (Lipinski definition) is 1. The second kappa shape index (κ2) is 5.29. The lowest BCUT2D eigenvalue weighted by molar-refractivity contribution is -0.138. The molecule has 0 radical (unpaired) electrons. The van der Waals surface area contributed by atoms with E-state index in [0.29, 0.717) is 0 Å². The van der Waals surface area contributed by atoms with Crippen LogP contribution in [0.1, 0.15) is 26.6 Å². The van der Waals surface area contributed by atoms with E-state index in [0.717, 1.165) is 4.57 Å². The number of amides is 1. The number of aryl methyl sites for hydroxylation is 1. The molecule has 0 saturated carbocycles. The number of alkyl halides is 3. The largest absolute Gasteiger partial charge is 0.405 e. The Kier molecular flexibility index (Phi) is 4.30. The van der Waals surface area contributed by atoms with Crippen molar-refractivity contribution in [2.45, 2.75) is 46.0 Å². The summed E-state index contributed by atoms with van der Waals surface area (Å²) in [5, 5.41) is 5.72. The van der Waals surface area contributed by atoms with Crippen molar-refractivity contribution in [1.82, 2.24) is 19.7 Å². The highest BCUT2D eigenvalue weighted by Gasteiger charge is 2.28. The predicted octanol–water partition coefficient (Wildman–Crippen LogP) is 0.787. The lowest BCUT2D eigenvalue weighted by atomic mass is 10.1. The van der Waals surface area contributed by atoms with Gasteiger partial charge >= 0.3 is 11.9 Å². The molecule has 1 heterocycles. The monoisotopic (exact) mass is 294 g/mol. The fourth-order valence-electron chi connectivity index (χ4n) is 1.51. The molecule has 0 unspecified atom stereocenters. The Morgan fingerprint density at radius 2 is 1.85 bits per heavy atom. The molecule has 0 spiro atoms. The Labute approximate surface area is 113 Å². The summed E-state index contributed by atoms with van der Waals surface area (Å²) in [7, 11) is 0. The SMILES string of the molecule is Cc1nn(C(C)(C)C)c(=O)n1CC(=O)NCC(F)(F)F. The van der Waals surface area contributed by atoms with E-state index in [4.69, 9.17) is 0 Å². The van der Waals surface area contributed by atoms with Gasteiger partial charge in [0.15, 0.2) is 0 Å². The average Bonchev–Trinajstić information content (AvgIpc) is 2.53. The van der Waals surface area contributed by atoms with Crippen LogP contribution >= 0.6 is 0 Å². The summed E-state index contributed by atoms with van der Waals surface area (Å²) in [5.41, 5.74) is -1.10. The summed E-state index contributed by atoms with van der Waals surface area (Å²) in [4.78, 5) is 23.4. The highest BCUT2D eigenvalue weighted by molar-refractivity contribution is 5.75. The molecule has 6 nitrogen and oxygen atoms in total. The molecule has 0 saturated heterocycles. The van der Waals surface area contributed by atoms with Gasteiger partial charge in [-0.2, -0.15) is 18.3 Å². The molecule has 1 aromatic rings.